The van der Waals surface area contributed by atoms with Crippen molar-refractivity contribution in [2.45, 2.75) is 46.1 Å². The summed E-state index contributed by atoms with van der Waals surface area (Å²) in [6.07, 6.45) is 3.95. The van der Waals surface area contributed by atoms with E-state index < -0.39 is 0 Å². The highest BCUT2D eigenvalue weighted by atomic mass is 32.1. The molecule has 0 aliphatic carbocycles. The van der Waals surface area contributed by atoms with Crippen LogP contribution < -0.4 is 0 Å². The van der Waals surface area contributed by atoms with Crippen LogP contribution in [0.3, 0.4) is 0 Å². The molecule has 1 fully saturated rings. The average Bonchev–Trinajstić information content (AvgIpc) is 3.33. The molecule has 5 rings (SSSR count). The summed E-state index contributed by atoms with van der Waals surface area (Å²) in [6, 6.07) is 2.17. The van der Waals surface area contributed by atoms with Crippen molar-refractivity contribution >= 4 is 22.1 Å². The Morgan fingerprint density at radius 3 is 3.00 bits per heavy atom. The Balaban J connectivity index is 1.45. The molecule has 8 heteroatoms. The number of imidazole rings is 1. The molecule has 0 radical (unpaired) electrons. The van der Waals surface area contributed by atoms with Crippen LogP contribution in [0.15, 0.2) is 17.8 Å². The van der Waals surface area contributed by atoms with Crippen molar-refractivity contribution in [1.29, 1.82) is 0 Å². The molecule has 140 valence electrons. The SMILES string of the molecule is Cc1cc(C2CCCN(Cc3c(C)nc4scc(C)n34)C2)n2ncnc2n1. The molecule has 1 aliphatic heterocycles. The van der Waals surface area contributed by atoms with Crippen LogP contribution in [0.5, 0.6) is 0 Å². The van der Waals surface area contributed by atoms with Crippen LogP contribution in [0.2, 0.25) is 0 Å². The number of aryl methyl sites for hydroxylation is 3. The highest BCUT2D eigenvalue weighted by molar-refractivity contribution is 7.15. The van der Waals surface area contributed by atoms with Gasteiger partial charge in [-0.3, -0.25) is 9.30 Å². The summed E-state index contributed by atoms with van der Waals surface area (Å²) in [7, 11) is 0. The molecule has 1 saturated heterocycles. The second kappa shape index (κ2) is 6.38. The molecule has 0 N–H and O–H groups in total. The molecule has 27 heavy (non-hydrogen) atoms. The zero-order valence-corrected chi connectivity index (χ0v) is 16.7. The first-order valence-electron chi connectivity index (χ1n) is 9.42. The summed E-state index contributed by atoms with van der Waals surface area (Å²) >= 11 is 1.72. The fourth-order valence-electron chi connectivity index (χ4n) is 4.26. The minimum absolute atomic E-state index is 0.442. The summed E-state index contributed by atoms with van der Waals surface area (Å²) < 4.78 is 4.22. The Morgan fingerprint density at radius 2 is 2.11 bits per heavy atom. The van der Waals surface area contributed by atoms with Crippen molar-refractivity contribution in [3.8, 4) is 0 Å². The summed E-state index contributed by atoms with van der Waals surface area (Å²) in [6.45, 7) is 9.40. The molecule has 1 aliphatic rings. The van der Waals surface area contributed by atoms with Gasteiger partial charge in [-0.25, -0.2) is 14.5 Å². The Labute approximate surface area is 161 Å². The normalized spacial score (nSPS) is 18.7. The molecule has 4 aromatic heterocycles. The van der Waals surface area contributed by atoms with Gasteiger partial charge >= 0.3 is 0 Å². The van der Waals surface area contributed by atoms with Gasteiger partial charge in [-0.15, -0.1) is 11.3 Å². The molecular weight excluding hydrogens is 358 g/mol. The Bertz CT molecular complexity index is 1120. The second-order valence-electron chi connectivity index (χ2n) is 7.51. The molecule has 4 aromatic rings. The van der Waals surface area contributed by atoms with Gasteiger partial charge in [-0.1, -0.05) is 0 Å². The predicted molar refractivity (Wildman–Crippen MR) is 105 cm³/mol. The van der Waals surface area contributed by atoms with Crippen molar-refractivity contribution in [3.63, 3.8) is 0 Å². The maximum Gasteiger partial charge on any atom is 0.252 e. The molecule has 0 amide bonds. The van der Waals surface area contributed by atoms with Crippen LogP contribution in [0.1, 0.15) is 47.2 Å². The smallest absolute Gasteiger partial charge is 0.252 e. The molecule has 5 heterocycles. The van der Waals surface area contributed by atoms with E-state index in [1.54, 1.807) is 17.7 Å². The predicted octanol–water partition coefficient (Wildman–Crippen LogP) is 3.14. The van der Waals surface area contributed by atoms with E-state index in [1.807, 2.05) is 11.4 Å². The van der Waals surface area contributed by atoms with Crippen LogP contribution >= 0.6 is 11.3 Å². The Hall–Kier alpha value is -2.32. The Morgan fingerprint density at radius 1 is 1.22 bits per heavy atom. The van der Waals surface area contributed by atoms with E-state index in [-0.39, 0.29) is 0 Å². The zero-order chi connectivity index (χ0) is 18.5. The average molecular weight is 382 g/mol. The molecule has 0 bridgehead atoms. The monoisotopic (exact) mass is 381 g/mol. The number of hydrogen-bond acceptors (Lipinski definition) is 6. The summed E-state index contributed by atoms with van der Waals surface area (Å²) in [5.74, 6) is 1.14. The van der Waals surface area contributed by atoms with E-state index in [0.29, 0.717) is 11.7 Å². The van der Waals surface area contributed by atoms with E-state index >= 15 is 0 Å². The molecule has 1 atom stereocenters. The third-order valence-electron chi connectivity index (χ3n) is 5.53. The van der Waals surface area contributed by atoms with Gasteiger partial charge in [0.25, 0.3) is 5.78 Å². The summed E-state index contributed by atoms with van der Waals surface area (Å²) in [5.41, 5.74) is 5.96. The molecule has 1 unspecified atom stereocenters. The first-order chi connectivity index (χ1) is 13.1. The topological polar surface area (TPSA) is 63.6 Å². The highest BCUT2D eigenvalue weighted by Gasteiger charge is 2.26. The number of aromatic nitrogens is 6. The maximum atomic E-state index is 4.75. The van der Waals surface area contributed by atoms with Crippen molar-refractivity contribution in [3.05, 3.63) is 46.2 Å². The third kappa shape index (κ3) is 2.83. The fraction of sp³-hybridized carbons (Fsp3) is 0.474. The molecular formula is C19H23N7S. The molecule has 0 aromatic carbocycles. The van der Waals surface area contributed by atoms with E-state index in [1.165, 1.54) is 29.9 Å². The molecule has 0 spiro atoms. The van der Waals surface area contributed by atoms with Crippen LogP contribution in [-0.2, 0) is 6.54 Å². The minimum atomic E-state index is 0.442. The number of fused-ring (bicyclic) bond motifs is 2. The van der Waals surface area contributed by atoms with E-state index in [9.17, 15) is 0 Å². The van der Waals surface area contributed by atoms with Crippen LogP contribution in [0.4, 0.5) is 0 Å². The third-order valence-corrected chi connectivity index (χ3v) is 6.48. The van der Waals surface area contributed by atoms with Gasteiger partial charge in [0, 0.05) is 35.8 Å². The summed E-state index contributed by atoms with van der Waals surface area (Å²) in [4.78, 5) is 17.2. The maximum absolute atomic E-state index is 4.75. The molecule has 0 saturated carbocycles. The number of thiazole rings is 1. The van der Waals surface area contributed by atoms with E-state index in [4.69, 9.17) is 4.98 Å². The minimum Gasteiger partial charge on any atom is -0.297 e. The zero-order valence-electron chi connectivity index (χ0n) is 15.9. The second-order valence-corrected chi connectivity index (χ2v) is 8.34. The number of rotatable bonds is 3. The van der Waals surface area contributed by atoms with Gasteiger partial charge in [0.1, 0.15) is 6.33 Å². The van der Waals surface area contributed by atoms with Crippen LogP contribution in [0, 0.1) is 20.8 Å². The lowest BCUT2D eigenvalue weighted by Gasteiger charge is -2.33. The van der Waals surface area contributed by atoms with Gasteiger partial charge in [0.2, 0.25) is 0 Å². The van der Waals surface area contributed by atoms with Crippen molar-refractivity contribution in [2.75, 3.05) is 13.1 Å². The highest BCUT2D eigenvalue weighted by Crippen LogP contribution is 2.29. The fourth-order valence-corrected chi connectivity index (χ4v) is 5.19. The standard InChI is InChI=1S/C19H23N7S/c1-12-7-16(26-18(22-12)20-11-21-26)15-5-4-6-24(8-15)9-17-14(3)23-19-25(17)13(2)10-27-19/h7,10-11,15H,4-6,8-9H2,1-3H3. The van der Waals surface area contributed by atoms with Gasteiger partial charge in [-0.05, 0) is 46.2 Å². The van der Waals surface area contributed by atoms with Crippen molar-refractivity contribution in [2.24, 2.45) is 0 Å². The lowest BCUT2D eigenvalue weighted by Crippen LogP contribution is -2.35. The van der Waals surface area contributed by atoms with Crippen LogP contribution in [-0.4, -0.2) is 47.0 Å². The van der Waals surface area contributed by atoms with Gasteiger partial charge in [-0.2, -0.15) is 10.1 Å². The van der Waals surface area contributed by atoms with Crippen LogP contribution in [0.25, 0.3) is 10.7 Å². The number of hydrogen-bond donors (Lipinski definition) is 0. The van der Waals surface area contributed by atoms with Gasteiger partial charge < -0.3 is 0 Å². The Kier molecular flexibility index (Phi) is 3.98. The molecule has 7 nitrogen and oxygen atoms in total. The quantitative estimate of drug-likeness (QED) is 0.545. The van der Waals surface area contributed by atoms with E-state index in [0.717, 1.165) is 36.0 Å². The van der Waals surface area contributed by atoms with Crippen molar-refractivity contribution in [1.82, 2.24) is 33.9 Å². The number of piperidine rings is 1. The lowest BCUT2D eigenvalue weighted by atomic mass is 9.94. The van der Waals surface area contributed by atoms with Gasteiger partial charge in [0.15, 0.2) is 4.96 Å². The summed E-state index contributed by atoms with van der Waals surface area (Å²) in [5, 5.41) is 6.59. The van der Waals surface area contributed by atoms with E-state index in [2.05, 4.69) is 49.7 Å². The lowest BCUT2D eigenvalue weighted by molar-refractivity contribution is 0.194. The largest absolute Gasteiger partial charge is 0.297 e. The first-order valence-corrected chi connectivity index (χ1v) is 10.3. The number of nitrogens with zero attached hydrogens (tertiary/aromatic N) is 7. The first kappa shape index (κ1) is 16.8. The van der Waals surface area contributed by atoms with Gasteiger partial charge in [0.05, 0.1) is 17.1 Å². The number of likely N-dealkylation sites (tertiary alicyclic amines) is 1. The van der Waals surface area contributed by atoms with Crippen molar-refractivity contribution < 1.29 is 0 Å².